The van der Waals surface area contributed by atoms with Crippen molar-refractivity contribution in [1.82, 2.24) is 10.6 Å². The summed E-state index contributed by atoms with van der Waals surface area (Å²) in [6, 6.07) is -0.442. The largest absolute Gasteiger partial charge is 0.338 e. The Hall–Kier alpha value is -0.770. The van der Waals surface area contributed by atoms with E-state index in [2.05, 4.69) is 10.6 Å². The minimum absolute atomic E-state index is 0.442. The van der Waals surface area contributed by atoms with Gasteiger partial charge in [0.05, 0.1) is 0 Å². The van der Waals surface area contributed by atoms with Crippen LogP contribution in [0, 0.1) is 5.92 Å². The predicted octanol–water partition coefficient (Wildman–Crippen LogP) is 2.02. The molecule has 1 fully saturated rings. The van der Waals surface area contributed by atoms with E-state index < -0.39 is 17.3 Å². The second-order valence-electron chi connectivity index (χ2n) is 4.32. The summed E-state index contributed by atoms with van der Waals surface area (Å²) in [4.78, 5) is 22.4. The summed E-state index contributed by atoms with van der Waals surface area (Å²) >= 11 is 5.53. The summed E-state index contributed by atoms with van der Waals surface area (Å²) in [6.07, 6.45) is 6.11. The number of hydrogen-bond acceptors (Lipinski definition) is 2. The first-order chi connectivity index (χ1) is 7.59. The van der Waals surface area contributed by atoms with E-state index in [0.717, 1.165) is 0 Å². The highest BCUT2D eigenvalue weighted by atomic mass is 35.5. The van der Waals surface area contributed by atoms with Gasteiger partial charge < -0.3 is 5.32 Å². The molecule has 1 rings (SSSR count). The Morgan fingerprint density at radius 3 is 2.50 bits per heavy atom. The third-order valence-electron chi connectivity index (χ3n) is 2.87. The summed E-state index contributed by atoms with van der Waals surface area (Å²) < 4.78 is 0. The average Bonchev–Trinajstić information content (AvgIpc) is 2.27. The van der Waals surface area contributed by atoms with Crippen molar-refractivity contribution in [2.75, 3.05) is 6.54 Å². The van der Waals surface area contributed by atoms with Crippen LogP contribution in [0.15, 0.2) is 0 Å². The van der Waals surface area contributed by atoms with Gasteiger partial charge in [-0.25, -0.2) is 4.79 Å². The molecule has 0 heterocycles. The summed E-state index contributed by atoms with van der Waals surface area (Å²) in [7, 11) is 0. The smallest absolute Gasteiger partial charge is 0.321 e. The number of imide groups is 1. The molecule has 0 aliphatic heterocycles. The van der Waals surface area contributed by atoms with Gasteiger partial charge in [0.15, 0.2) is 0 Å². The molecule has 0 radical (unpaired) electrons. The van der Waals surface area contributed by atoms with Crippen molar-refractivity contribution in [3.05, 3.63) is 0 Å². The Balaban J connectivity index is 2.16. The van der Waals surface area contributed by atoms with Gasteiger partial charge in [-0.05, 0) is 25.7 Å². The van der Waals surface area contributed by atoms with Crippen LogP contribution < -0.4 is 10.6 Å². The van der Waals surface area contributed by atoms with Gasteiger partial charge in [0.2, 0.25) is 5.91 Å². The molecule has 5 heteroatoms. The van der Waals surface area contributed by atoms with E-state index in [4.69, 9.17) is 11.6 Å². The van der Waals surface area contributed by atoms with Gasteiger partial charge in [0.25, 0.3) is 0 Å². The number of carbonyl (C=O) groups is 2. The normalized spacial score (nSPS) is 18.9. The molecule has 1 aliphatic carbocycles. The van der Waals surface area contributed by atoms with Crippen LogP contribution in [-0.2, 0) is 4.79 Å². The molecule has 92 valence electrons. The number of hydrogen-bond donors (Lipinski definition) is 2. The number of urea groups is 1. The SMILES string of the molecule is CC(Cl)C(=O)NC(=O)NCC1CCCCC1. The summed E-state index contributed by atoms with van der Waals surface area (Å²) in [6.45, 7) is 2.18. The predicted molar refractivity (Wildman–Crippen MR) is 63.4 cm³/mol. The molecule has 0 spiro atoms. The second kappa shape index (κ2) is 6.74. The van der Waals surface area contributed by atoms with Crippen molar-refractivity contribution in [3.63, 3.8) is 0 Å². The van der Waals surface area contributed by atoms with E-state index in [1.807, 2.05) is 0 Å². The number of carbonyl (C=O) groups excluding carboxylic acids is 2. The Morgan fingerprint density at radius 1 is 1.31 bits per heavy atom. The third-order valence-corrected chi connectivity index (χ3v) is 3.07. The van der Waals surface area contributed by atoms with Gasteiger partial charge in [0.1, 0.15) is 5.38 Å². The van der Waals surface area contributed by atoms with Crippen LogP contribution in [0.4, 0.5) is 4.79 Å². The van der Waals surface area contributed by atoms with Crippen LogP contribution in [0.2, 0.25) is 0 Å². The van der Waals surface area contributed by atoms with E-state index in [0.29, 0.717) is 12.5 Å². The molecule has 1 saturated carbocycles. The molecule has 0 saturated heterocycles. The molecule has 16 heavy (non-hydrogen) atoms. The summed E-state index contributed by atoms with van der Waals surface area (Å²) in [5.74, 6) is 0.103. The highest BCUT2D eigenvalue weighted by Gasteiger charge is 2.16. The minimum atomic E-state index is -0.680. The van der Waals surface area contributed by atoms with Crippen LogP contribution in [0.25, 0.3) is 0 Å². The number of amides is 3. The van der Waals surface area contributed by atoms with Gasteiger partial charge in [-0.15, -0.1) is 11.6 Å². The van der Waals surface area contributed by atoms with Crippen LogP contribution in [0.3, 0.4) is 0 Å². The van der Waals surface area contributed by atoms with Gasteiger partial charge in [-0.2, -0.15) is 0 Å². The molecule has 1 atom stereocenters. The highest BCUT2D eigenvalue weighted by molar-refractivity contribution is 6.31. The molecular formula is C11H19ClN2O2. The van der Waals surface area contributed by atoms with E-state index >= 15 is 0 Å². The monoisotopic (exact) mass is 246 g/mol. The topological polar surface area (TPSA) is 58.2 Å². The van der Waals surface area contributed by atoms with E-state index in [1.165, 1.54) is 39.0 Å². The van der Waals surface area contributed by atoms with Crippen LogP contribution in [0.5, 0.6) is 0 Å². The van der Waals surface area contributed by atoms with Crippen LogP contribution in [0.1, 0.15) is 39.0 Å². The fourth-order valence-corrected chi connectivity index (χ4v) is 1.94. The molecule has 2 N–H and O–H groups in total. The number of rotatable bonds is 3. The Morgan fingerprint density at radius 2 is 1.94 bits per heavy atom. The van der Waals surface area contributed by atoms with Crippen molar-refractivity contribution < 1.29 is 9.59 Å². The zero-order valence-electron chi connectivity index (χ0n) is 9.59. The Bertz CT molecular complexity index is 250. The molecule has 0 aromatic rings. The van der Waals surface area contributed by atoms with Crippen LogP contribution in [-0.4, -0.2) is 23.9 Å². The van der Waals surface area contributed by atoms with Crippen molar-refractivity contribution >= 4 is 23.5 Å². The molecule has 4 nitrogen and oxygen atoms in total. The van der Waals surface area contributed by atoms with Gasteiger partial charge >= 0.3 is 6.03 Å². The Kier molecular flexibility index (Phi) is 5.60. The maximum Gasteiger partial charge on any atom is 0.321 e. The zero-order valence-corrected chi connectivity index (χ0v) is 10.3. The van der Waals surface area contributed by atoms with Gasteiger partial charge in [-0.1, -0.05) is 19.3 Å². The zero-order chi connectivity index (χ0) is 12.0. The van der Waals surface area contributed by atoms with Crippen LogP contribution >= 0.6 is 11.6 Å². The first-order valence-electron chi connectivity index (χ1n) is 5.82. The fraction of sp³-hybridized carbons (Fsp3) is 0.818. The first kappa shape index (κ1) is 13.3. The fourth-order valence-electron chi connectivity index (χ4n) is 1.88. The maximum atomic E-state index is 11.3. The van der Waals surface area contributed by atoms with Gasteiger partial charge in [0, 0.05) is 6.54 Å². The minimum Gasteiger partial charge on any atom is -0.338 e. The number of nitrogens with one attached hydrogen (secondary N) is 2. The van der Waals surface area contributed by atoms with Gasteiger partial charge in [-0.3, -0.25) is 10.1 Å². The molecule has 0 aromatic heterocycles. The van der Waals surface area contributed by atoms with E-state index in [1.54, 1.807) is 0 Å². The number of halogens is 1. The van der Waals surface area contributed by atoms with E-state index in [9.17, 15) is 9.59 Å². The first-order valence-corrected chi connectivity index (χ1v) is 6.26. The molecular weight excluding hydrogens is 228 g/mol. The molecule has 1 aliphatic rings. The summed E-state index contributed by atoms with van der Waals surface area (Å²) in [5.41, 5.74) is 0. The lowest BCUT2D eigenvalue weighted by molar-refractivity contribution is -0.119. The molecule has 0 aromatic carbocycles. The molecule has 3 amide bonds. The van der Waals surface area contributed by atoms with Crippen molar-refractivity contribution in [2.24, 2.45) is 5.92 Å². The second-order valence-corrected chi connectivity index (χ2v) is 4.97. The highest BCUT2D eigenvalue weighted by Crippen LogP contribution is 2.22. The average molecular weight is 247 g/mol. The van der Waals surface area contributed by atoms with Crippen molar-refractivity contribution in [2.45, 2.75) is 44.4 Å². The number of alkyl halides is 1. The molecule has 0 bridgehead atoms. The molecule has 1 unspecified atom stereocenters. The standard InChI is InChI=1S/C11H19ClN2O2/c1-8(12)10(15)14-11(16)13-7-9-5-3-2-4-6-9/h8-9H,2-7H2,1H3,(H2,13,14,15,16). The lowest BCUT2D eigenvalue weighted by Crippen LogP contribution is -2.43. The Labute approximate surface area is 101 Å². The third kappa shape index (κ3) is 4.84. The lowest BCUT2D eigenvalue weighted by Gasteiger charge is -2.21. The van der Waals surface area contributed by atoms with Crippen molar-refractivity contribution in [1.29, 1.82) is 0 Å². The summed E-state index contributed by atoms with van der Waals surface area (Å²) in [5, 5.41) is 4.23. The lowest BCUT2D eigenvalue weighted by atomic mass is 9.89. The maximum absolute atomic E-state index is 11.3. The van der Waals surface area contributed by atoms with Crippen molar-refractivity contribution in [3.8, 4) is 0 Å². The van der Waals surface area contributed by atoms with E-state index in [-0.39, 0.29) is 0 Å². The quantitative estimate of drug-likeness (QED) is 0.749.